The minimum atomic E-state index is -0.103. The second-order valence-electron chi connectivity index (χ2n) is 5.66. The smallest absolute Gasteiger partial charge is 0.146 e. The van der Waals surface area contributed by atoms with E-state index < -0.39 is 0 Å². The predicted octanol–water partition coefficient (Wildman–Crippen LogP) is 3.34. The van der Waals surface area contributed by atoms with Gasteiger partial charge in [-0.15, -0.1) is 0 Å². The molecule has 1 heterocycles. The molecule has 106 valence electrons. The molecule has 0 saturated carbocycles. The van der Waals surface area contributed by atoms with Crippen molar-refractivity contribution in [1.29, 1.82) is 0 Å². The summed E-state index contributed by atoms with van der Waals surface area (Å²) >= 11 is 0. The molecule has 0 aromatic heterocycles. The van der Waals surface area contributed by atoms with Crippen molar-refractivity contribution in [3.63, 3.8) is 0 Å². The van der Waals surface area contributed by atoms with E-state index in [1.807, 2.05) is 6.07 Å². The number of benzene rings is 1. The molecule has 1 aromatic rings. The summed E-state index contributed by atoms with van der Waals surface area (Å²) < 4.78 is 14.2. The zero-order valence-corrected chi connectivity index (χ0v) is 12.1. The van der Waals surface area contributed by atoms with Gasteiger partial charge in [-0.1, -0.05) is 26.0 Å². The van der Waals surface area contributed by atoms with Crippen LogP contribution in [0, 0.1) is 11.2 Å². The predicted molar refractivity (Wildman–Crippen MR) is 79.0 cm³/mol. The van der Waals surface area contributed by atoms with Gasteiger partial charge >= 0.3 is 0 Å². The molecule has 0 aliphatic carbocycles. The maximum atomic E-state index is 14.2. The van der Waals surface area contributed by atoms with E-state index >= 15 is 0 Å². The lowest BCUT2D eigenvalue weighted by atomic mass is 9.82. The fraction of sp³-hybridized carbons (Fsp3) is 0.625. The van der Waals surface area contributed by atoms with E-state index in [2.05, 4.69) is 18.7 Å². The molecule has 2 rings (SSSR count). The third kappa shape index (κ3) is 2.76. The van der Waals surface area contributed by atoms with Crippen molar-refractivity contribution in [1.82, 2.24) is 0 Å². The van der Waals surface area contributed by atoms with Gasteiger partial charge in [0.25, 0.3) is 0 Å². The van der Waals surface area contributed by atoms with Crippen LogP contribution in [0.15, 0.2) is 18.2 Å². The van der Waals surface area contributed by atoms with Crippen LogP contribution in [0.4, 0.5) is 10.1 Å². The summed E-state index contributed by atoms with van der Waals surface area (Å²) in [6.45, 7) is 6.99. The fourth-order valence-electron chi connectivity index (χ4n) is 3.22. The first kappa shape index (κ1) is 14.3. The molecule has 0 spiro atoms. The minimum absolute atomic E-state index is 0.103. The average molecular weight is 264 g/mol. The van der Waals surface area contributed by atoms with Crippen LogP contribution in [0.1, 0.15) is 38.7 Å². The van der Waals surface area contributed by atoms with E-state index in [0.717, 1.165) is 37.2 Å². The summed E-state index contributed by atoms with van der Waals surface area (Å²) in [6, 6.07) is 5.35. The molecular formula is C16H25FN2. The van der Waals surface area contributed by atoms with Crippen LogP contribution in [0.2, 0.25) is 0 Å². The number of halogens is 1. The van der Waals surface area contributed by atoms with Crippen LogP contribution in [-0.4, -0.2) is 19.6 Å². The Balaban J connectivity index is 2.28. The van der Waals surface area contributed by atoms with Gasteiger partial charge in [0.1, 0.15) is 5.82 Å². The molecule has 2 N–H and O–H groups in total. The molecular weight excluding hydrogens is 239 g/mol. The maximum Gasteiger partial charge on any atom is 0.146 e. The van der Waals surface area contributed by atoms with E-state index in [9.17, 15) is 4.39 Å². The van der Waals surface area contributed by atoms with Crippen molar-refractivity contribution in [3.05, 3.63) is 29.6 Å². The number of nitrogens with zero attached hydrogens (tertiary/aromatic N) is 1. The van der Waals surface area contributed by atoms with Crippen LogP contribution >= 0.6 is 0 Å². The maximum absolute atomic E-state index is 14.2. The Morgan fingerprint density at radius 1 is 1.32 bits per heavy atom. The normalized spacial score (nSPS) is 18.0. The molecule has 2 nitrogen and oxygen atoms in total. The first-order valence-electron chi connectivity index (χ1n) is 7.38. The lowest BCUT2D eigenvalue weighted by Crippen LogP contribution is -2.27. The Labute approximate surface area is 115 Å². The highest BCUT2D eigenvalue weighted by atomic mass is 19.1. The summed E-state index contributed by atoms with van der Waals surface area (Å²) in [6.07, 6.45) is 4.24. The van der Waals surface area contributed by atoms with Crippen molar-refractivity contribution in [2.24, 2.45) is 11.1 Å². The Morgan fingerprint density at radius 3 is 2.63 bits per heavy atom. The van der Waals surface area contributed by atoms with Crippen LogP contribution in [0.3, 0.4) is 0 Å². The van der Waals surface area contributed by atoms with Crippen molar-refractivity contribution < 1.29 is 4.39 Å². The summed E-state index contributed by atoms with van der Waals surface area (Å²) in [5.74, 6) is -0.103. The van der Waals surface area contributed by atoms with Gasteiger partial charge in [0.05, 0.1) is 5.69 Å². The van der Waals surface area contributed by atoms with Gasteiger partial charge in [0.2, 0.25) is 0 Å². The van der Waals surface area contributed by atoms with Gasteiger partial charge < -0.3 is 10.6 Å². The number of rotatable bonds is 5. The number of para-hydroxylation sites is 1. The molecule has 1 aromatic carbocycles. The van der Waals surface area contributed by atoms with E-state index in [0.29, 0.717) is 12.0 Å². The van der Waals surface area contributed by atoms with E-state index in [4.69, 9.17) is 5.73 Å². The van der Waals surface area contributed by atoms with Gasteiger partial charge in [0.15, 0.2) is 0 Å². The van der Waals surface area contributed by atoms with Crippen LogP contribution in [-0.2, 0) is 6.42 Å². The Morgan fingerprint density at radius 2 is 2.05 bits per heavy atom. The second kappa shape index (κ2) is 5.91. The van der Waals surface area contributed by atoms with Crippen molar-refractivity contribution in [2.75, 3.05) is 24.5 Å². The summed E-state index contributed by atoms with van der Waals surface area (Å²) in [5.41, 5.74) is 7.84. The number of hydrogen-bond donors (Lipinski definition) is 1. The van der Waals surface area contributed by atoms with Crippen LogP contribution in [0.25, 0.3) is 0 Å². The molecule has 0 atom stereocenters. The van der Waals surface area contributed by atoms with Crippen molar-refractivity contribution >= 4 is 5.69 Å². The first-order valence-corrected chi connectivity index (χ1v) is 7.38. The van der Waals surface area contributed by atoms with E-state index in [-0.39, 0.29) is 5.82 Å². The zero-order chi connectivity index (χ0) is 13.9. The standard InChI is InChI=1S/C16H25FN2/c1-3-16(4-2)9-11-19(12-16)15-13(8-10-18)6-5-7-14(15)17/h5-7H,3-4,8-12,18H2,1-2H3. The molecule has 0 amide bonds. The first-order chi connectivity index (χ1) is 9.15. The van der Waals surface area contributed by atoms with Crippen LogP contribution < -0.4 is 10.6 Å². The van der Waals surface area contributed by atoms with Crippen molar-refractivity contribution in [3.8, 4) is 0 Å². The SMILES string of the molecule is CCC1(CC)CCN(c2c(F)cccc2CCN)C1. The Hall–Kier alpha value is -1.09. The molecule has 0 bridgehead atoms. The molecule has 19 heavy (non-hydrogen) atoms. The molecule has 1 aliphatic rings. The monoisotopic (exact) mass is 264 g/mol. The summed E-state index contributed by atoms with van der Waals surface area (Å²) in [7, 11) is 0. The lowest BCUT2D eigenvalue weighted by molar-refractivity contribution is 0.301. The van der Waals surface area contributed by atoms with E-state index in [1.54, 1.807) is 12.1 Å². The quantitative estimate of drug-likeness (QED) is 0.883. The van der Waals surface area contributed by atoms with Crippen molar-refractivity contribution in [2.45, 2.75) is 39.5 Å². The molecule has 1 aliphatic heterocycles. The van der Waals surface area contributed by atoms with E-state index in [1.165, 1.54) is 12.8 Å². The minimum Gasteiger partial charge on any atom is -0.368 e. The molecule has 1 fully saturated rings. The highest BCUT2D eigenvalue weighted by molar-refractivity contribution is 5.56. The number of anilines is 1. The molecule has 3 heteroatoms. The number of nitrogens with two attached hydrogens (primary N) is 1. The van der Waals surface area contributed by atoms with Gasteiger partial charge in [0, 0.05) is 13.1 Å². The second-order valence-corrected chi connectivity index (χ2v) is 5.66. The van der Waals surface area contributed by atoms with Gasteiger partial charge in [-0.05, 0) is 49.3 Å². The average Bonchev–Trinajstić information content (AvgIpc) is 2.84. The van der Waals surface area contributed by atoms with Gasteiger partial charge in [-0.25, -0.2) is 4.39 Å². The lowest BCUT2D eigenvalue weighted by Gasteiger charge is -2.28. The third-order valence-corrected chi connectivity index (χ3v) is 4.74. The zero-order valence-electron chi connectivity index (χ0n) is 12.1. The fourth-order valence-corrected chi connectivity index (χ4v) is 3.22. The highest BCUT2D eigenvalue weighted by Gasteiger charge is 2.36. The molecule has 0 unspecified atom stereocenters. The van der Waals surface area contributed by atoms with Crippen LogP contribution in [0.5, 0.6) is 0 Å². The van der Waals surface area contributed by atoms with Gasteiger partial charge in [-0.3, -0.25) is 0 Å². The number of hydrogen-bond acceptors (Lipinski definition) is 2. The third-order valence-electron chi connectivity index (χ3n) is 4.74. The highest BCUT2D eigenvalue weighted by Crippen LogP contribution is 2.40. The Kier molecular flexibility index (Phi) is 4.46. The summed E-state index contributed by atoms with van der Waals surface area (Å²) in [5, 5.41) is 0. The molecule has 1 saturated heterocycles. The largest absolute Gasteiger partial charge is 0.368 e. The van der Waals surface area contributed by atoms with Gasteiger partial charge in [-0.2, -0.15) is 0 Å². The summed E-state index contributed by atoms with van der Waals surface area (Å²) in [4.78, 5) is 2.23. The topological polar surface area (TPSA) is 29.3 Å². The molecule has 0 radical (unpaired) electrons. The Bertz CT molecular complexity index is 427.